The van der Waals surface area contributed by atoms with E-state index in [-0.39, 0.29) is 0 Å². The SMILES string of the molecule is CCOC=O.FC1CCC1. The normalized spacial score (nSPS) is 16.2. The molecule has 0 aliphatic heterocycles. The quantitative estimate of drug-likeness (QED) is 0.557. The lowest BCUT2D eigenvalue weighted by molar-refractivity contribution is -0.128. The largest absolute Gasteiger partial charge is 0.468 e. The first-order valence-corrected chi connectivity index (χ1v) is 3.50. The summed E-state index contributed by atoms with van der Waals surface area (Å²) in [6.45, 7) is 2.66. The molecule has 1 aliphatic carbocycles. The van der Waals surface area contributed by atoms with Gasteiger partial charge in [0, 0.05) is 0 Å². The van der Waals surface area contributed by atoms with Gasteiger partial charge in [0.05, 0.1) is 6.61 Å². The molecule has 0 unspecified atom stereocenters. The Labute approximate surface area is 60.4 Å². The predicted molar refractivity (Wildman–Crippen MR) is 36.4 cm³/mol. The first-order chi connectivity index (χ1) is 4.81. The van der Waals surface area contributed by atoms with Gasteiger partial charge in [-0.3, -0.25) is 4.79 Å². The molecule has 60 valence electrons. The van der Waals surface area contributed by atoms with Crippen molar-refractivity contribution >= 4 is 6.47 Å². The van der Waals surface area contributed by atoms with Gasteiger partial charge in [0.2, 0.25) is 0 Å². The highest BCUT2D eigenvalue weighted by Crippen LogP contribution is 2.20. The van der Waals surface area contributed by atoms with Crippen molar-refractivity contribution < 1.29 is 13.9 Å². The molecule has 2 nitrogen and oxygen atoms in total. The molecule has 0 radical (unpaired) electrons. The van der Waals surface area contributed by atoms with Gasteiger partial charge in [-0.05, 0) is 26.2 Å². The molecule has 1 saturated carbocycles. The van der Waals surface area contributed by atoms with E-state index in [0.717, 1.165) is 19.3 Å². The Balaban J connectivity index is 0.000000162. The van der Waals surface area contributed by atoms with Crippen LogP contribution in [0.2, 0.25) is 0 Å². The fourth-order valence-corrected chi connectivity index (χ4v) is 0.426. The molecule has 0 amide bonds. The van der Waals surface area contributed by atoms with E-state index in [9.17, 15) is 9.18 Å². The summed E-state index contributed by atoms with van der Waals surface area (Å²) in [5.74, 6) is 0. The average molecular weight is 148 g/mol. The summed E-state index contributed by atoms with van der Waals surface area (Å²) in [6.07, 6.45) is 2.32. The van der Waals surface area contributed by atoms with Gasteiger partial charge in [0.1, 0.15) is 6.17 Å². The van der Waals surface area contributed by atoms with E-state index in [2.05, 4.69) is 4.74 Å². The number of carbonyl (C=O) groups excluding carboxylic acids is 1. The van der Waals surface area contributed by atoms with Gasteiger partial charge in [-0.15, -0.1) is 0 Å². The van der Waals surface area contributed by atoms with Crippen molar-refractivity contribution in [3.8, 4) is 0 Å². The average Bonchev–Trinajstić information content (AvgIpc) is 1.87. The maximum absolute atomic E-state index is 11.5. The Morgan fingerprint density at radius 3 is 2.20 bits per heavy atom. The summed E-state index contributed by atoms with van der Waals surface area (Å²) < 4.78 is 15.7. The number of hydrogen-bond donors (Lipinski definition) is 0. The molecule has 0 aromatic heterocycles. The molecule has 0 heterocycles. The van der Waals surface area contributed by atoms with Gasteiger partial charge >= 0.3 is 0 Å². The van der Waals surface area contributed by atoms with Gasteiger partial charge in [-0.25, -0.2) is 4.39 Å². The van der Waals surface area contributed by atoms with Crippen LogP contribution in [0.1, 0.15) is 26.2 Å². The molecule has 1 aliphatic rings. The molecule has 0 atom stereocenters. The number of carbonyl (C=O) groups is 1. The van der Waals surface area contributed by atoms with E-state index < -0.39 is 6.17 Å². The molecule has 0 N–H and O–H groups in total. The van der Waals surface area contributed by atoms with Gasteiger partial charge in [0.15, 0.2) is 0 Å². The van der Waals surface area contributed by atoms with E-state index in [4.69, 9.17) is 0 Å². The van der Waals surface area contributed by atoms with Crippen LogP contribution in [0.4, 0.5) is 4.39 Å². The topological polar surface area (TPSA) is 26.3 Å². The number of rotatable bonds is 2. The van der Waals surface area contributed by atoms with E-state index in [1.807, 2.05) is 0 Å². The third kappa shape index (κ3) is 5.54. The standard InChI is InChI=1S/C4H7F.C3H6O2/c5-4-2-1-3-4;1-2-5-3-4/h4H,1-3H2;3H,2H2,1H3. The minimum atomic E-state index is -0.435. The second-order valence-corrected chi connectivity index (χ2v) is 2.08. The van der Waals surface area contributed by atoms with Crippen molar-refractivity contribution in [3.63, 3.8) is 0 Å². The van der Waals surface area contributed by atoms with Crippen LogP contribution in [0.3, 0.4) is 0 Å². The van der Waals surface area contributed by atoms with Crippen LogP contribution in [-0.4, -0.2) is 19.3 Å². The third-order valence-electron chi connectivity index (χ3n) is 1.27. The molecule has 0 spiro atoms. The molecule has 1 fully saturated rings. The fraction of sp³-hybridized carbons (Fsp3) is 0.857. The maximum atomic E-state index is 11.5. The third-order valence-corrected chi connectivity index (χ3v) is 1.27. The summed E-state index contributed by atoms with van der Waals surface area (Å²) in [4.78, 5) is 9.18. The summed E-state index contributed by atoms with van der Waals surface area (Å²) >= 11 is 0. The van der Waals surface area contributed by atoms with Crippen LogP contribution in [0.15, 0.2) is 0 Å². The lowest BCUT2D eigenvalue weighted by Gasteiger charge is -2.14. The highest BCUT2D eigenvalue weighted by molar-refractivity contribution is 5.36. The van der Waals surface area contributed by atoms with Crippen LogP contribution in [0, 0.1) is 0 Å². The van der Waals surface area contributed by atoms with Crippen molar-refractivity contribution in [2.75, 3.05) is 6.61 Å². The minimum absolute atomic E-state index is 0.431. The lowest BCUT2D eigenvalue weighted by Crippen LogP contribution is -2.09. The van der Waals surface area contributed by atoms with E-state index >= 15 is 0 Å². The highest BCUT2D eigenvalue weighted by Gasteiger charge is 2.14. The zero-order chi connectivity index (χ0) is 7.82. The number of ether oxygens (including phenoxy) is 1. The van der Waals surface area contributed by atoms with Crippen molar-refractivity contribution in [1.82, 2.24) is 0 Å². The Kier molecular flexibility index (Phi) is 6.13. The molecular weight excluding hydrogens is 135 g/mol. The fourth-order valence-electron chi connectivity index (χ4n) is 0.426. The van der Waals surface area contributed by atoms with E-state index in [1.54, 1.807) is 6.92 Å². The van der Waals surface area contributed by atoms with Crippen molar-refractivity contribution in [1.29, 1.82) is 0 Å². The molecule has 0 bridgehead atoms. The van der Waals surface area contributed by atoms with Crippen LogP contribution in [-0.2, 0) is 9.53 Å². The summed E-state index contributed by atoms with van der Waals surface area (Å²) in [7, 11) is 0. The molecule has 0 aromatic carbocycles. The number of alkyl halides is 1. The van der Waals surface area contributed by atoms with Crippen molar-refractivity contribution in [2.45, 2.75) is 32.4 Å². The molecule has 10 heavy (non-hydrogen) atoms. The molecular formula is C7H13FO2. The number of hydrogen-bond acceptors (Lipinski definition) is 2. The van der Waals surface area contributed by atoms with E-state index in [1.165, 1.54) is 0 Å². The van der Waals surface area contributed by atoms with Crippen molar-refractivity contribution in [3.05, 3.63) is 0 Å². The predicted octanol–water partition coefficient (Wildman–Crippen LogP) is 1.69. The summed E-state index contributed by atoms with van der Waals surface area (Å²) in [6, 6.07) is 0. The Morgan fingerprint density at radius 2 is 2.20 bits per heavy atom. The molecule has 3 heteroatoms. The Morgan fingerprint density at radius 1 is 1.70 bits per heavy atom. The Bertz CT molecular complexity index is 81.7. The summed E-state index contributed by atoms with van der Waals surface area (Å²) in [5.41, 5.74) is 0. The Hall–Kier alpha value is -0.600. The van der Waals surface area contributed by atoms with Gasteiger partial charge < -0.3 is 4.74 Å². The van der Waals surface area contributed by atoms with Crippen LogP contribution in [0.25, 0.3) is 0 Å². The monoisotopic (exact) mass is 148 g/mol. The van der Waals surface area contributed by atoms with Gasteiger partial charge in [-0.2, -0.15) is 0 Å². The zero-order valence-electron chi connectivity index (χ0n) is 6.18. The first kappa shape index (κ1) is 9.40. The lowest BCUT2D eigenvalue weighted by atomic mass is 9.98. The molecule has 1 rings (SSSR count). The smallest absolute Gasteiger partial charge is 0.293 e. The maximum Gasteiger partial charge on any atom is 0.293 e. The van der Waals surface area contributed by atoms with Crippen LogP contribution in [0.5, 0.6) is 0 Å². The highest BCUT2D eigenvalue weighted by atomic mass is 19.1. The molecule has 0 aromatic rings. The second-order valence-electron chi connectivity index (χ2n) is 2.08. The van der Waals surface area contributed by atoms with E-state index in [0.29, 0.717) is 13.1 Å². The summed E-state index contributed by atoms with van der Waals surface area (Å²) in [5, 5.41) is 0. The molecule has 0 saturated heterocycles. The van der Waals surface area contributed by atoms with Gasteiger partial charge in [-0.1, -0.05) is 0 Å². The van der Waals surface area contributed by atoms with Crippen LogP contribution < -0.4 is 0 Å². The first-order valence-electron chi connectivity index (χ1n) is 3.50. The van der Waals surface area contributed by atoms with Gasteiger partial charge in [0.25, 0.3) is 6.47 Å². The number of halogens is 1. The van der Waals surface area contributed by atoms with Crippen molar-refractivity contribution in [2.24, 2.45) is 0 Å². The zero-order valence-corrected chi connectivity index (χ0v) is 6.18. The van der Waals surface area contributed by atoms with Crippen LogP contribution >= 0.6 is 0 Å². The second kappa shape index (κ2) is 6.52. The minimum Gasteiger partial charge on any atom is -0.468 e.